The molecule has 108 valence electrons. The van der Waals surface area contributed by atoms with Crippen LogP contribution in [-0.2, 0) is 0 Å². The van der Waals surface area contributed by atoms with Crippen molar-refractivity contribution in [3.05, 3.63) is 68.7 Å². The number of ether oxygens (including phenoxy) is 1. The first-order valence-corrected chi connectivity index (χ1v) is 5.87. The third kappa shape index (κ3) is 3.32. The first kappa shape index (κ1) is 14.9. The number of carbonyl (C=O) groups excluding carboxylic acids is 1. The maximum atomic E-state index is 13.1. The summed E-state index contributed by atoms with van der Waals surface area (Å²) < 4.78 is 30.9. The maximum absolute atomic E-state index is 13.1. The normalized spacial score (nSPS) is 10.2. The largest absolute Gasteiger partial charge is 0.423 e. The van der Waals surface area contributed by atoms with E-state index in [1.54, 1.807) is 0 Å². The van der Waals surface area contributed by atoms with E-state index in [-0.39, 0.29) is 22.0 Å². The van der Waals surface area contributed by atoms with Gasteiger partial charge in [-0.25, -0.2) is 13.6 Å². The van der Waals surface area contributed by atoms with E-state index in [0.717, 1.165) is 12.1 Å². The Morgan fingerprint density at radius 3 is 2.29 bits per heavy atom. The maximum Gasteiger partial charge on any atom is 0.345 e. The molecule has 0 aliphatic heterocycles. The summed E-state index contributed by atoms with van der Waals surface area (Å²) in [5, 5.41) is 10.2. The molecule has 2 aromatic rings. The van der Waals surface area contributed by atoms with Crippen LogP contribution in [0.4, 0.5) is 14.5 Å². The Labute approximate surface area is 121 Å². The minimum atomic E-state index is -1.24. The summed E-state index contributed by atoms with van der Waals surface area (Å²) in [5.74, 6) is -3.43. The highest BCUT2D eigenvalue weighted by Crippen LogP contribution is 2.23. The second-order valence-electron chi connectivity index (χ2n) is 3.89. The van der Waals surface area contributed by atoms with Crippen molar-refractivity contribution in [1.29, 1.82) is 0 Å². The Balaban J connectivity index is 2.22. The van der Waals surface area contributed by atoms with E-state index in [1.807, 2.05) is 0 Å². The molecule has 2 aromatic carbocycles. The summed E-state index contributed by atoms with van der Waals surface area (Å²) in [6, 6.07) is 5.94. The highest BCUT2D eigenvalue weighted by molar-refractivity contribution is 6.33. The molecule has 0 amide bonds. The monoisotopic (exact) mass is 313 g/mol. The molecule has 0 unspecified atom stereocenters. The molecular formula is C13H6ClF2NO4. The van der Waals surface area contributed by atoms with E-state index in [1.165, 1.54) is 12.1 Å². The fourth-order valence-electron chi connectivity index (χ4n) is 1.48. The van der Waals surface area contributed by atoms with Crippen molar-refractivity contribution in [3.8, 4) is 5.75 Å². The van der Waals surface area contributed by atoms with Crippen molar-refractivity contribution < 1.29 is 23.2 Å². The molecule has 2 rings (SSSR count). The summed E-state index contributed by atoms with van der Waals surface area (Å²) in [7, 11) is 0. The zero-order chi connectivity index (χ0) is 15.6. The minimum Gasteiger partial charge on any atom is -0.423 e. The lowest BCUT2D eigenvalue weighted by molar-refractivity contribution is -0.384. The summed E-state index contributed by atoms with van der Waals surface area (Å²) in [4.78, 5) is 21.6. The van der Waals surface area contributed by atoms with Gasteiger partial charge in [-0.2, -0.15) is 0 Å². The average molecular weight is 314 g/mol. The fraction of sp³-hybridized carbons (Fsp3) is 0. The number of hydrogen-bond acceptors (Lipinski definition) is 4. The molecule has 21 heavy (non-hydrogen) atoms. The predicted octanol–water partition coefficient (Wildman–Crippen LogP) is 3.75. The van der Waals surface area contributed by atoms with Gasteiger partial charge in [-0.05, 0) is 24.3 Å². The quantitative estimate of drug-likeness (QED) is 0.284. The SMILES string of the molecule is O=C(Oc1ccc([N+](=O)[O-])cc1)c1cc(F)c(F)cc1Cl. The van der Waals surface area contributed by atoms with Crippen molar-refractivity contribution in [2.45, 2.75) is 0 Å². The van der Waals surface area contributed by atoms with Crippen molar-refractivity contribution in [1.82, 2.24) is 0 Å². The third-order valence-electron chi connectivity index (χ3n) is 2.49. The van der Waals surface area contributed by atoms with Crippen LogP contribution in [-0.4, -0.2) is 10.9 Å². The first-order valence-electron chi connectivity index (χ1n) is 5.49. The fourth-order valence-corrected chi connectivity index (χ4v) is 1.70. The van der Waals surface area contributed by atoms with E-state index in [2.05, 4.69) is 0 Å². The summed E-state index contributed by atoms with van der Waals surface area (Å²) in [5.41, 5.74) is -0.533. The molecule has 0 aliphatic rings. The molecule has 0 aromatic heterocycles. The Bertz CT molecular complexity index is 719. The van der Waals surface area contributed by atoms with Crippen LogP contribution in [0.25, 0.3) is 0 Å². The molecular weight excluding hydrogens is 308 g/mol. The van der Waals surface area contributed by atoms with Crippen molar-refractivity contribution in [2.75, 3.05) is 0 Å². The van der Waals surface area contributed by atoms with Gasteiger partial charge >= 0.3 is 5.97 Å². The highest BCUT2D eigenvalue weighted by atomic mass is 35.5. The molecule has 8 heteroatoms. The molecule has 0 fully saturated rings. The molecule has 0 radical (unpaired) electrons. The van der Waals surface area contributed by atoms with Crippen LogP contribution >= 0.6 is 11.6 Å². The minimum absolute atomic E-state index is 0.00593. The van der Waals surface area contributed by atoms with Gasteiger partial charge < -0.3 is 4.74 Å². The zero-order valence-electron chi connectivity index (χ0n) is 10.2. The van der Waals surface area contributed by atoms with Crippen LogP contribution in [0.5, 0.6) is 5.75 Å². The Morgan fingerprint density at radius 1 is 1.14 bits per heavy atom. The van der Waals surface area contributed by atoms with Gasteiger partial charge in [0.2, 0.25) is 0 Å². The van der Waals surface area contributed by atoms with Crippen LogP contribution in [0.2, 0.25) is 5.02 Å². The van der Waals surface area contributed by atoms with E-state index in [0.29, 0.717) is 12.1 Å². The lowest BCUT2D eigenvalue weighted by Crippen LogP contribution is -2.10. The third-order valence-corrected chi connectivity index (χ3v) is 2.80. The lowest BCUT2D eigenvalue weighted by Gasteiger charge is -2.06. The average Bonchev–Trinajstić information content (AvgIpc) is 2.43. The molecule has 0 spiro atoms. The predicted molar refractivity (Wildman–Crippen MR) is 69.4 cm³/mol. The molecule has 0 N–H and O–H groups in total. The molecule has 0 heterocycles. The van der Waals surface area contributed by atoms with E-state index in [9.17, 15) is 23.7 Å². The van der Waals surface area contributed by atoms with Crippen molar-refractivity contribution in [2.24, 2.45) is 0 Å². The van der Waals surface area contributed by atoms with Crippen LogP contribution in [0.15, 0.2) is 36.4 Å². The number of nitrogens with zero attached hydrogens (tertiary/aromatic N) is 1. The second kappa shape index (κ2) is 5.84. The molecule has 0 aliphatic carbocycles. The van der Waals surface area contributed by atoms with Crippen LogP contribution in [0.3, 0.4) is 0 Å². The molecule has 0 atom stereocenters. The van der Waals surface area contributed by atoms with Gasteiger partial charge in [0.1, 0.15) is 5.75 Å². The van der Waals surface area contributed by atoms with Crippen LogP contribution in [0.1, 0.15) is 10.4 Å². The van der Waals surface area contributed by atoms with Crippen LogP contribution in [0, 0.1) is 21.7 Å². The standard InChI is InChI=1S/C13H6ClF2NO4/c14-10-6-12(16)11(15)5-9(10)13(18)21-8-3-1-7(2-4-8)17(19)20/h1-6H. The number of nitro groups is 1. The number of carbonyl (C=O) groups is 1. The zero-order valence-corrected chi connectivity index (χ0v) is 10.9. The number of non-ortho nitro benzene ring substituents is 1. The van der Waals surface area contributed by atoms with Crippen molar-refractivity contribution in [3.63, 3.8) is 0 Å². The summed E-state index contributed by atoms with van der Waals surface area (Å²) >= 11 is 5.63. The molecule has 0 bridgehead atoms. The first-order chi connectivity index (χ1) is 9.88. The number of benzene rings is 2. The van der Waals surface area contributed by atoms with E-state index < -0.39 is 22.5 Å². The smallest absolute Gasteiger partial charge is 0.345 e. The number of rotatable bonds is 3. The molecule has 5 nitrogen and oxygen atoms in total. The Kier molecular flexibility index (Phi) is 4.13. The van der Waals surface area contributed by atoms with Gasteiger partial charge in [-0.3, -0.25) is 10.1 Å². The van der Waals surface area contributed by atoms with Crippen LogP contribution < -0.4 is 4.74 Å². The van der Waals surface area contributed by atoms with E-state index >= 15 is 0 Å². The topological polar surface area (TPSA) is 69.4 Å². The number of nitro benzene ring substituents is 1. The summed E-state index contributed by atoms with van der Waals surface area (Å²) in [6.07, 6.45) is 0. The molecule has 0 saturated carbocycles. The second-order valence-corrected chi connectivity index (χ2v) is 4.29. The number of hydrogen-bond donors (Lipinski definition) is 0. The van der Waals surface area contributed by atoms with Gasteiger partial charge in [0, 0.05) is 12.1 Å². The number of halogens is 3. The number of esters is 1. The summed E-state index contributed by atoms with van der Waals surface area (Å²) in [6.45, 7) is 0. The van der Waals surface area contributed by atoms with Gasteiger partial charge in [0.15, 0.2) is 11.6 Å². The van der Waals surface area contributed by atoms with Gasteiger partial charge in [0.25, 0.3) is 5.69 Å². The van der Waals surface area contributed by atoms with Crippen molar-refractivity contribution >= 4 is 23.3 Å². The van der Waals surface area contributed by atoms with Gasteiger partial charge in [-0.1, -0.05) is 11.6 Å². The molecule has 0 saturated heterocycles. The van der Waals surface area contributed by atoms with Gasteiger partial charge in [0.05, 0.1) is 15.5 Å². The Morgan fingerprint density at radius 2 is 1.71 bits per heavy atom. The lowest BCUT2D eigenvalue weighted by atomic mass is 10.2. The van der Waals surface area contributed by atoms with Gasteiger partial charge in [-0.15, -0.1) is 0 Å². The highest BCUT2D eigenvalue weighted by Gasteiger charge is 2.17. The Hall–Kier alpha value is -2.54. The van der Waals surface area contributed by atoms with E-state index in [4.69, 9.17) is 16.3 Å².